The van der Waals surface area contributed by atoms with Crippen molar-refractivity contribution in [3.63, 3.8) is 0 Å². The van der Waals surface area contributed by atoms with Crippen LogP contribution >= 0.6 is 0 Å². The highest BCUT2D eigenvalue weighted by Crippen LogP contribution is 2.33. The Kier molecular flexibility index (Phi) is 7.68. The van der Waals surface area contributed by atoms with Crippen LogP contribution in [-0.4, -0.2) is 28.1 Å². The second-order valence-corrected chi connectivity index (χ2v) is 11.4. The van der Waals surface area contributed by atoms with Crippen LogP contribution in [0.1, 0.15) is 36.7 Å². The summed E-state index contributed by atoms with van der Waals surface area (Å²) in [7, 11) is -2.95. The fourth-order valence-electron chi connectivity index (χ4n) is 3.26. The summed E-state index contributed by atoms with van der Waals surface area (Å²) < 4.78 is 63.7. The van der Waals surface area contributed by atoms with E-state index in [4.69, 9.17) is 9.52 Å². The van der Waals surface area contributed by atoms with Crippen molar-refractivity contribution in [3.8, 4) is 11.1 Å². The zero-order valence-electron chi connectivity index (χ0n) is 20.5. The molecule has 7 nitrogen and oxygen atoms in total. The molecule has 196 valence electrons. The number of alkyl halides is 3. The summed E-state index contributed by atoms with van der Waals surface area (Å²) in [5.74, 6) is -0.559. The highest BCUT2D eigenvalue weighted by molar-refractivity contribution is 7.91. The first-order valence-corrected chi connectivity index (χ1v) is 13.0. The molecule has 1 unspecified atom stereocenters. The van der Waals surface area contributed by atoms with Crippen LogP contribution in [-0.2, 0) is 20.6 Å². The van der Waals surface area contributed by atoms with Gasteiger partial charge in [-0.2, -0.15) is 13.2 Å². The number of rotatable bonds is 5. The number of anilines is 2. The van der Waals surface area contributed by atoms with E-state index in [9.17, 15) is 27.0 Å². The number of carbonyl (C=O) groups excluding carboxylic acids is 2. The SMILES string of the molecule is CC(C)(C)OC(=O)Nc1ccc(-c2ccc(C(F)(F)F)cc2)cc1NC(=O)c1ccc(S(C)(=N)=O)cc1. The maximum Gasteiger partial charge on any atom is 0.416 e. The number of carbonyl (C=O) groups is 2. The van der Waals surface area contributed by atoms with Gasteiger partial charge in [0.25, 0.3) is 5.91 Å². The van der Waals surface area contributed by atoms with Gasteiger partial charge in [0.2, 0.25) is 0 Å². The lowest BCUT2D eigenvalue weighted by Gasteiger charge is -2.21. The van der Waals surface area contributed by atoms with E-state index in [1.165, 1.54) is 54.8 Å². The van der Waals surface area contributed by atoms with Crippen LogP contribution in [0.15, 0.2) is 71.6 Å². The molecule has 0 heterocycles. The topological polar surface area (TPSA) is 108 Å². The highest BCUT2D eigenvalue weighted by atomic mass is 32.2. The zero-order chi connectivity index (χ0) is 27.6. The first kappa shape index (κ1) is 27.7. The van der Waals surface area contributed by atoms with Crippen molar-refractivity contribution < 1.29 is 31.7 Å². The third-order valence-corrected chi connectivity index (χ3v) is 6.19. The molecule has 0 aliphatic heterocycles. The van der Waals surface area contributed by atoms with Crippen LogP contribution in [0.3, 0.4) is 0 Å². The second kappa shape index (κ2) is 10.3. The van der Waals surface area contributed by atoms with E-state index >= 15 is 0 Å². The monoisotopic (exact) mass is 533 g/mol. The Morgan fingerprint density at radius 3 is 1.92 bits per heavy atom. The minimum atomic E-state index is -4.47. The van der Waals surface area contributed by atoms with E-state index in [1.807, 2.05) is 0 Å². The Labute approximate surface area is 213 Å². The van der Waals surface area contributed by atoms with E-state index < -0.39 is 39.1 Å². The van der Waals surface area contributed by atoms with Crippen LogP contribution in [0.25, 0.3) is 11.1 Å². The number of benzene rings is 3. The van der Waals surface area contributed by atoms with Gasteiger partial charge in [-0.15, -0.1) is 0 Å². The molecule has 0 fully saturated rings. The van der Waals surface area contributed by atoms with Gasteiger partial charge in [-0.05, 0) is 80.4 Å². The summed E-state index contributed by atoms with van der Waals surface area (Å²) in [6.45, 7) is 5.08. The van der Waals surface area contributed by atoms with Gasteiger partial charge in [-0.25, -0.2) is 13.8 Å². The predicted octanol–water partition coefficient (Wildman–Crippen LogP) is 7.01. The smallest absolute Gasteiger partial charge is 0.416 e. The molecule has 2 amide bonds. The Hall–Kier alpha value is -3.86. The molecule has 0 spiro atoms. The normalized spacial score (nSPS) is 13.4. The van der Waals surface area contributed by atoms with Gasteiger partial charge in [-0.3, -0.25) is 10.1 Å². The molecule has 3 aromatic carbocycles. The van der Waals surface area contributed by atoms with E-state index in [1.54, 1.807) is 26.8 Å². The van der Waals surface area contributed by atoms with Crippen molar-refractivity contribution in [2.75, 3.05) is 16.9 Å². The van der Waals surface area contributed by atoms with Crippen LogP contribution in [0.5, 0.6) is 0 Å². The highest BCUT2D eigenvalue weighted by Gasteiger charge is 2.30. The largest absolute Gasteiger partial charge is 0.444 e. The number of ether oxygens (including phenoxy) is 1. The maximum absolute atomic E-state index is 12.9. The van der Waals surface area contributed by atoms with Crippen molar-refractivity contribution in [1.29, 1.82) is 4.78 Å². The van der Waals surface area contributed by atoms with E-state index in [2.05, 4.69) is 10.6 Å². The molecule has 11 heteroatoms. The third kappa shape index (κ3) is 7.56. The molecule has 3 aromatic rings. The van der Waals surface area contributed by atoms with Gasteiger partial charge >= 0.3 is 12.3 Å². The molecule has 0 bridgehead atoms. The molecule has 37 heavy (non-hydrogen) atoms. The molecule has 0 saturated heterocycles. The lowest BCUT2D eigenvalue weighted by Crippen LogP contribution is -2.27. The average Bonchev–Trinajstić information content (AvgIpc) is 2.78. The molecular formula is C26H26F3N3O4S. The van der Waals surface area contributed by atoms with Crippen molar-refractivity contribution in [2.45, 2.75) is 37.4 Å². The van der Waals surface area contributed by atoms with Gasteiger partial charge in [0.15, 0.2) is 0 Å². The molecule has 0 radical (unpaired) electrons. The number of amides is 2. The number of halogens is 3. The number of nitrogens with one attached hydrogen (secondary N) is 3. The fourth-order valence-corrected chi connectivity index (χ4v) is 3.92. The predicted molar refractivity (Wildman–Crippen MR) is 136 cm³/mol. The van der Waals surface area contributed by atoms with Gasteiger partial charge in [0.1, 0.15) is 5.60 Å². The van der Waals surface area contributed by atoms with Crippen LogP contribution < -0.4 is 10.6 Å². The molecular weight excluding hydrogens is 507 g/mol. The standard InChI is InChI=1S/C26H26F3N3O4S/c1-25(2,3)36-24(34)32-21-14-9-18(16-5-10-19(11-6-16)26(27,28)29)15-22(21)31-23(33)17-7-12-20(13-8-17)37(4,30)35/h5-15,30H,1-4H3,(H,31,33)(H,32,34). The minimum absolute atomic E-state index is 0.178. The second-order valence-electron chi connectivity index (χ2n) is 9.28. The van der Waals surface area contributed by atoms with Gasteiger partial charge in [0.05, 0.1) is 26.7 Å². The van der Waals surface area contributed by atoms with Crippen molar-refractivity contribution in [3.05, 3.63) is 77.9 Å². The molecule has 0 aliphatic rings. The Morgan fingerprint density at radius 2 is 1.41 bits per heavy atom. The van der Waals surface area contributed by atoms with Gasteiger partial charge < -0.3 is 10.1 Å². The molecule has 0 aliphatic carbocycles. The lowest BCUT2D eigenvalue weighted by molar-refractivity contribution is -0.137. The van der Waals surface area contributed by atoms with Crippen molar-refractivity contribution in [1.82, 2.24) is 0 Å². The van der Waals surface area contributed by atoms with E-state index in [-0.39, 0.29) is 21.8 Å². The summed E-state index contributed by atoms with van der Waals surface area (Å²) in [5, 5.41) is 5.26. The van der Waals surface area contributed by atoms with E-state index in [0.717, 1.165) is 12.1 Å². The molecule has 3 rings (SSSR count). The summed E-state index contributed by atoms with van der Waals surface area (Å²) in [5.41, 5.74) is -0.0186. The number of hydrogen-bond acceptors (Lipinski definition) is 5. The fraction of sp³-hybridized carbons (Fsp3) is 0.231. The molecule has 0 aromatic heterocycles. The van der Waals surface area contributed by atoms with E-state index in [0.29, 0.717) is 11.1 Å². The summed E-state index contributed by atoms with van der Waals surface area (Å²) in [6.07, 6.45) is -3.97. The zero-order valence-corrected chi connectivity index (χ0v) is 21.3. The quantitative estimate of drug-likeness (QED) is 0.328. The van der Waals surface area contributed by atoms with Gasteiger partial charge in [-0.1, -0.05) is 18.2 Å². The molecule has 3 N–H and O–H groups in total. The Morgan fingerprint density at radius 1 is 0.838 bits per heavy atom. The first-order valence-electron chi connectivity index (χ1n) is 11.0. The third-order valence-electron chi connectivity index (χ3n) is 5.02. The van der Waals surface area contributed by atoms with Crippen molar-refractivity contribution in [2.24, 2.45) is 0 Å². The summed E-state index contributed by atoms with van der Waals surface area (Å²) >= 11 is 0. The van der Waals surface area contributed by atoms with Crippen LogP contribution in [0.2, 0.25) is 0 Å². The average molecular weight is 534 g/mol. The van der Waals surface area contributed by atoms with Crippen molar-refractivity contribution >= 4 is 33.1 Å². The van der Waals surface area contributed by atoms with Crippen LogP contribution in [0.4, 0.5) is 29.3 Å². The number of hydrogen-bond donors (Lipinski definition) is 3. The van der Waals surface area contributed by atoms with Crippen LogP contribution in [0, 0.1) is 4.78 Å². The summed E-state index contributed by atoms with van der Waals surface area (Å²) in [4.78, 5) is 25.6. The van der Waals surface area contributed by atoms with Gasteiger partial charge in [0, 0.05) is 16.7 Å². The first-order chi connectivity index (χ1) is 17.0. The lowest BCUT2D eigenvalue weighted by atomic mass is 10.0. The Balaban J connectivity index is 1.95. The Bertz CT molecular complexity index is 1410. The minimum Gasteiger partial charge on any atom is -0.444 e. The molecule has 0 saturated carbocycles. The maximum atomic E-state index is 12.9. The molecule has 1 atom stereocenters. The summed E-state index contributed by atoms with van der Waals surface area (Å²) in [6, 6.07) is 14.8.